The third kappa shape index (κ3) is 19.5. The van der Waals surface area contributed by atoms with Gasteiger partial charge in [-0.05, 0) is 98.1 Å². The van der Waals surface area contributed by atoms with Gasteiger partial charge in [-0.1, -0.05) is 0 Å². The van der Waals surface area contributed by atoms with E-state index in [2.05, 4.69) is 28.1 Å². The minimum Gasteiger partial charge on any atom is -0.508 e. The highest BCUT2D eigenvalue weighted by Gasteiger charge is 2.35. The maximum absolute atomic E-state index is 15.2. The molecule has 0 bridgehead atoms. The van der Waals surface area contributed by atoms with Crippen molar-refractivity contribution in [1.29, 1.82) is 0 Å². The van der Waals surface area contributed by atoms with Crippen LogP contribution in [0.4, 0.5) is 59.3 Å². The van der Waals surface area contributed by atoms with E-state index in [4.69, 9.17) is 33.5 Å². The lowest BCUT2D eigenvalue weighted by molar-refractivity contribution is 0.391. The van der Waals surface area contributed by atoms with Crippen LogP contribution in [0.5, 0.6) is 51.7 Å². The summed E-state index contributed by atoms with van der Waals surface area (Å²) in [6.45, 7) is 4.27. The highest BCUT2D eigenvalue weighted by molar-refractivity contribution is 7.93. The number of sulfonamides is 3. The Bertz CT molecular complexity index is 5010. The van der Waals surface area contributed by atoms with Crippen LogP contribution in [-0.2, 0) is 43.2 Å². The Morgan fingerprint density at radius 2 is 0.802 bits per heavy atom. The van der Waals surface area contributed by atoms with Crippen molar-refractivity contribution >= 4 is 80.1 Å². The summed E-state index contributed by atoms with van der Waals surface area (Å²) in [5.41, 5.74) is 2.55. The van der Waals surface area contributed by atoms with Gasteiger partial charge in [0.25, 0.3) is 30.1 Å². The molecular weight excluding hydrogens is 1470 g/mol. The number of ether oxygens (including phenoxy) is 6. The second-order valence-electron chi connectivity index (χ2n) is 20.4. The summed E-state index contributed by atoms with van der Waals surface area (Å²) in [4.78, 5) is 8.52. The first-order valence-corrected chi connectivity index (χ1v) is 34.8. The zero-order chi connectivity index (χ0) is 73.7. The number of nitrogens with one attached hydrogen (secondary N) is 1. The van der Waals surface area contributed by atoms with E-state index in [9.17, 15) is 64.8 Å². The number of anilines is 3. The number of halogens is 10. The molecule has 0 radical (unpaired) electrons. The second-order valence-corrected chi connectivity index (χ2v) is 28.0. The highest BCUT2D eigenvalue weighted by atomic mass is 32.2. The predicted molar refractivity (Wildman–Crippen MR) is 351 cm³/mol. The maximum atomic E-state index is 15.2. The first-order valence-electron chi connectivity index (χ1n) is 28.1. The summed E-state index contributed by atoms with van der Waals surface area (Å²) in [7, 11) is -8.06. The number of aryl methyl sites for hydroxylation is 3. The molecule has 38 heteroatoms. The third-order valence-electron chi connectivity index (χ3n) is 13.2. The molecule has 11 rings (SSSR count). The van der Waals surface area contributed by atoms with Crippen LogP contribution in [0.3, 0.4) is 0 Å². The first kappa shape index (κ1) is 76.3. The molecule has 22 nitrogen and oxygen atoms in total. The fraction of sp³-hybridized carbons (Fsp3) is 0.143. The standard InChI is InChI=1S/C24H20F3N3O5S2.C17H14F3N3O4S2.C15H10F3N3O3S2.C7H7FO/c1-14-6-16(25)8-18(7-14)35-22-10-20(27)23(11-19(22)26)37(31,32)30(24-28-13-29-36-24)12-15-4-5-17(33-2)9-21(15)34-3;1-26-11-4-3-10(15(5-11)27-2)8-23(17-21-9-22-28-17)29(24,25)16-7-13(19)12(18)6-14(16)20;1-8-2-9(16)4-10(3-8)24-13-5-12(18)14(6-11(13)17)26(22,23)21-15-19-7-20-25-15;1-5-2-6(8)4-7(9)3-5/h4-11,13H,12H2,1-3H3;3-7,9H,8H2,1-2H3;2-7H,1H3,(H,19,20,21);2-4,9H,1H3. The van der Waals surface area contributed by atoms with Crippen LogP contribution in [-0.4, -0.2) is 86.9 Å². The molecule has 2 N–H and O–H groups in total. The Morgan fingerprint density at radius 3 is 1.20 bits per heavy atom. The van der Waals surface area contributed by atoms with E-state index in [1.54, 1.807) is 57.2 Å². The number of methoxy groups -OCH3 is 4. The van der Waals surface area contributed by atoms with Gasteiger partial charge in [-0.25, -0.2) is 92.7 Å². The van der Waals surface area contributed by atoms with Crippen molar-refractivity contribution in [2.24, 2.45) is 0 Å². The Labute approximate surface area is 581 Å². The van der Waals surface area contributed by atoms with Gasteiger partial charge in [0.1, 0.15) is 109 Å². The average molecular weight is 1520 g/mol. The fourth-order valence-electron chi connectivity index (χ4n) is 8.74. The monoisotopic (exact) mass is 1520 g/mol. The number of aromatic hydroxyl groups is 1. The van der Waals surface area contributed by atoms with E-state index in [1.165, 1.54) is 64.8 Å². The first-order chi connectivity index (χ1) is 47.8. The molecular formula is C63H51F10N9O13S6. The molecule has 0 aliphatic rings. The molecule has 0 saturated heterocycles. The number of nitrogens with zero attached hydrogens (tertiary/aromatic N) is 8. The van der Waals surface area contributed by atoms with Crippen LogP contribution < -0.4 is 41.8 Å². The summed E-state index contributed by atoms with van der Waals surface area (Å²) in [5, 5.41) is 8.49. The summed E-state index contributed by atoms with van der Waals surface area (Å²) in [6.07, 6.45) is 3.37. The van der Waals surface area contributed by atoms with E-state index >= 15 is 4.39 Å². The molecule has 0 aliphatic heterocycles. The van der Waals surface area contributed by atoms with Gasteiger partial charge in [-0.2, -0.15) is 13.1 Å². The molecule has 532 valence electrons. The molecule has 0 unspecified atom stereocenters. The van der Waals surface area contributed by atoms with Gasteiger partial charge in [0.15, 0.2) is 34.8 Å². The van der Waals surface area contributed by atoms with Crippen LogP contribution in [0.2, 0.25) is 0 Å². The summed E-state index contributed by atoms with van der Waals surface area (Å²) in [5.74, 6) is -10.7. The second kappa shape index (κ2) is 33.2. The van der Waals surface area contributed by atoms with Crippen LogP contribution >= 0.6 is 34.6 Å². The Balaban J connectivity index is 0.000000183. The highest BCUT2D eigenvalue weighted by Crippen LogP contribution is 2.38. The largest absolute Gasteiger partial charge is 0.508 e. The van der Waals surface area contributed by atoms with E-state index < -0.39 is 114 Å². The minimum absolute atomic E-state index is 0.0208. The van der Waals surface area contributed by atoms with Gasteiger partial charge in [0.05, 0.1) is 41.5 Å². The lowest BCUT2D eigenvalue weighted by atomic mass is 10.2. The molecule has 3 heterocycles. The molecule has 0 saturated carbocycles. The normalized spacial score (nSPS) is 11.2. The smallest absolute Gasteiger partial charge is 0.269 e. The zero-order valence-electron chi connectivity index (χ0n) is 52.9. The third-order valence-corrected chi connectivity index (χ3v) is 20.4. The fourth-order valence-corrected chi connectivity index (χ4v) is 14.9. The lowest BCUT2D eigenvalue weighted by Gasteiger charge is -2.23. The van der Waals surface area contributed by atoms with E-state index in [0.717, 1.165) is 86.0 Å². The van der Waals surface area contributed by atoms with Gasteiger partial charge in [-0.3, -0.25) is 4.72 Å². The summed E-state index contributed by atoms with van der Waals surface area (Å²) in [6, 6.07) is 23.3. The Morgan fingerprint density at radius 1 is 0.406 bits per heavy atom. The number of aromatic nitrogens is 6. The van der Waals surface area contributed by atoms with Crippen molar-refractivity contribution in [3.63, 3.8) is 0 Å². The number of hydrogen-bond acceptors (Lipinski definition) is 22. The average Bonchev–Trinajstić information content (AvgIpc) is 1.58. The zero-order valence-corrected chi connectivity index (χ0v) is 57.8. The number of rotatable bonds is 21. The van der Waals surface area contributed by atoms with Crippen molar-refractivity contribution in [1.82, 2.24) is 28.1 Å². The topological polar surface area (TPSA) is 274 Å². The van der Waals surface area contributed by atoms with Crippen LogP contribution in [0.25, 0.3) is 0 Å². The SMILES string of the molecule is COc1ccc(CN(c2ncns2)S(=O)(=O)c2cc(F)c(F)cc2F)c(OC)c1.COc1ccc(CN(c2ncns2)S(=O)(=O)c2cc(F)c(Oc3cc(C)cc(F)c3)cc2F)c(OC)c1.Cc1cc(F)cc(Oc2cc(F)c(S(=O)(=O)Nc3ncns3)cc2F)c1.Cc1cc(O)cc(F)c1. The summed E-state index contributed by atoms with van der Waals surface area (Å²) >= 11 is 2.22. The minimum atomic E-state index is -4.70. The van der Waals surface area contributed by atoms with Crippen molar-refractivity contribution < 1.29 is 103 Å². The Hall–Kier alpha value is -10.4. The van der Waals surface area contributed by atoms with Gasteiger partial charge in [0.2, 0.25) is 15.4 Å². The molecule has 0 spiro atoms. The molecule has 101 heavy (non-hydrogen) atoms. The van der Waals surface area contributed by atoms with Gasteiger partial charge in [-0.15, -0.1) is 0 Å². The number of hydrogen-bond donors (Lipinski definition) is 2. The van der Waals surface area contributed by atoms with Crippen LogP contribution in [0, 0.1) is 78.9 Å². The molecule has 0 fully saturated rings. The molecule has 11 aromatic rings. The predicted octanol–water partition coefficient (Wildman–Crippen LogP) is 14.5. The summed E-state index contributed by atoms with van der Waals surface area (Å²) < 4.78 is 263. The van der Waals surface area contributed by atoms with Crippen molar-refractivity contribution in [3.05, 3.63) is 232 Å². The Kier molecular flexibility index (Phi) is 25.1. The van der Waals surface area contributed by atoms with Gasteiger partial charge < -0.3 is 33.5 Å². The molecule has 3 aromatic heterocycles. The number of phenolic OH excluding ortho intramolecular Hbond substituents is 1. The molecule has 0 aliphatic carbocycles. The molecule has 0 amide bonds. The van der Waals surface area contributed by atoms with E-state index in [1.807, 2.05) is 4.72 Å². The lowest BCUT2D eigenvalue weighted by Crippen LogP contribution is -2.31. The van der Waals surface area contributed by atoms with Crippen molar-refractivity contribution in [2.45, 2.75) is 48.5 Å². The molecule has 0 atom stereocenters. The number of phenols is 1. The van der Waals surface area contributed by atoms with E-state index in [-0.39, 0.29) is 51.8 Å². The van der Waals surface area contributed by atoms with Crippen molar-refractivity contribution in [2.75, 3.05) is 41.8 Å². The van der Waals surface area contributed by atoms with Crippen LogP contribution in [0.1, 0.15) is 27.8 Å². The number of benzene rings is 8. The maximum Gasteiger partial charge on any atom is 0.269 e. The van der Waals surface area contributed by atoms with Gasteiger partial charge >= 0.3 is 0 Å². The molecule has 8 aromatic carbocycles. The quantitative estimate of drug-likeness (QED) is 0.0499. The van der Waals surface area contributed by atoms with Crippen molar-refractivity contribution in [3.8, 4) is 51.7 Å². The van der Waals surface area contributed by atoms with E-state index in [0.29, 0.717) is 75.6 Å². The van der Waals surface area contributed by atoms with Crippen LogP contribution in [0.15, 0.2) is 161 Å². The van der Waals surface area contributed by atoms with Gasteiger partial charge in [0, 0.05) is 112 Å².